The molecule has 0 spiro atoms. The van der Waals surface area contributed by atoms with E-state index in [2.05, 4.69) is 6.92 Å². The van der Waals surface area contributed by atoms with Gasteiger partial charge in [-0.15, -0.1) is 0 Å². The number of aliphatic hydroxyl groups excluding tert-OH is 1. The molecule has 16 heavy (non-hydrogen) atoms. The largest absolute Gasteiger partial charge is 0.389 e. The molecule has 0 unspecified atom stereocenters. The molecule has 0 saturated heterocycles. The van der Waals surface area contributed by atoms with Crippen LogP contribution >= 0.6 is 14.3 Å². The summed E-state index contributed by atoms with van der Waals surface area (Å²) in [5.41, 5.74) is 0. The molecule has 0 aromatic heterocycles. The van der Waals surface area contributed by atoms with Crippen molar-refractivity contribution < 1.29 is 14.2 Å². The van der Waals surface area contributed by atoms with Crippen LogP contribution in [0, 0.1) is 0 Å². The third kappa shape index (κ3) is 47.2. The molecule has 5 heteroatoms. The zero-order chi connectivity index (χ0) is 13.1. The molecule has 0 amide bonds. The molecule has 0 aromatic rings. The van der Waals surface area contributed by atoms with E-state index in [1.54, 1.807) is 13.3 Å². The van der Waals surface area contributed by atoms with Crippen LogP contribution in [-0.4, -0.2) is 44.3 Å². The van der Waals surface area contributed by atoms with Gasteiger partial charge in [-0.2, -0.15) is 0 Å². The molecular weight excluding hydrogens is 242 g/mol. The first-order valence-corrected chi connectivity index (χ1v) is 10.9. The third-order valence-electron chi connectivity index (χ3n) is 1.10. The van der Waals surface area contributed by atoms with Crippen LogP contribution in [0.25, 0.3) is 0 Å². The van der Waals surface area contributed by atoms with E-state index in [0.717, 1.165) is 12.6 Å². The van der Waals surface area contributed by atoms with Crippen LogP contribution in [0.3, 0.4) is 0 Å². The minimum absolute atomic E-state index is 0. The Bertz CT molecular complexity index is 203. The molecule has 0 bridgehead atoms. The van der Waals surface area contributed by atoms with Crippen LogP contribution in [-0.2, 0) is 9.13 Å². The minimum atomic E-state index is -2.09. The number of aliphatic hydroxyl groups is 1. The molecule has 0 atom stereocenters. The van der Waals surface area contributed by atoms with Crippen molar-refractivity contribution in [3.8, 4) is 0 Å². The molecular formula is C11H32O3P2. The van der Waals surface area contributed by atoms with E-state index in [0.29, 0.717) is 0 Å². The zero-order valence-electron chi connectivity index (χ0n) is 11.3. The maximum absolute atomic E-state index is 10.8. The summed E-state index contributed by atoms with van der Waals surface area (Å²) in [5.74, 6) is 0. The van der Waals surface area contributed by atoms with Crippen molar-refractivity contribution in [3.05, 3.63) is 0 Å². The van der Waals surface area contributed by atoms with Crippen LogP contribution in [0.5, 0.6) is 0 Å². The summed E-state index contributed by atoms with van der Waals surface area (Å²) in [4.78, 5) is 0. The van der Waals surface area contributed by atoms with Gasteiger partial charge in [-0.05, 0) is 33.1 Å². The van der Waals surface area contributed by atoms with Gasteiger partial charge in [0.15, 0.2) is 0 Å². The molecule has 1 N–H and O–H groups in total. The maximum atomic E-state index is 10.8. The molecule has 0 saturated carbocycles. The predicted molar refractivity (Wildman–Crippen MR) is 79.2 cm³/mol. The lowest BCUT2D eigenvalue weighted by atomic mass is 10.6. The Morgan fingerprint density at radius 3 is 1.19 bits per heavy atom. The van der Waals surface area contributed by atoms with Gasteiger partial charge in [0.2, 0.25) is 0 Å². The highest BCUT2D eigenvalue weighted by Gasteiger charge is 2.02. The van der Waals surface area contributed by atoms with Crippen molar-refractivity contribution in [2.75, 3.05) is 39.2 Å². The quantitative estimate of drug-likeness (QED) is 0.783. The highest BCUT2D eigenvalue weighted by molar-refractivity contribution is 7.62. The van der Waals surface area contributed by atoms with Gasteiger partial charge >= 0.3 is 0 Å². The van der Waals surface area contributed by atoms with Crippen molar-refractivity contribution in [1.82, 2.24) is 0 Å². The predicted octanol–water partition coefficient (Wildman–Crippen LogP) is 4.24. The summed E-state index contributed by atoms with van der Waals surface area (Å²) in [7, 11) is -3.76. The molecule has 0 fully saturated rings. The first-order chi connectivity index (χ1) is 6.62. The van der Waals surface area contributed by atoms with Gasteiger partial charge in [-0.25, -0.2) is 0 Å². The molecule has 104 valence electrons. The second-order valence-electron chi connectivity index (χ2n) is 4.01. The van der Waals surface area contributed by atoms with Crippen molar-refractivity contribution in [2.45, 2.75) is 34.6 Å². The highest BCUT2D eigenvalue weighted by atomic mass is 31.2. The monoisotopic (exact) mass is 274 g/mol. The fraction of sp³-hybridized carbons (Fsp3) is 1.00. The summed E-state index contributed by atoms with van der Waals surface area (Å²) >= 11 is 0. The second-order valence-corrected chi connectivity index (χ2v) is 11.0. The van der Waals surface area contributed by atoms with Gasteiger partial charge in [-0.1, -0.05) is 28.2 Å². The van der Waals surface area contributed by atoms with E-state index in [9.17, 15) is 9.13 Å². The standard InChI is InChI=1S/C5H13OP.C3H9O2P.C2H6.CH4/c1-4-5-7(2,3)6;1-6(2,5)3-4;1-2;/h4-5H2,1-3H3;4H,3H2,1-2H3;1-2H3;1H4. The average Bonchev–Trinajstić information content (AvgIpc) is 2.06. The molecule has 3 nitrogen and oxygen atoms in total. The molecule has 0 aliphatic heterocycles. The smallest absolute Gasteiger partial charge is 0.106 e. The Labute approximate surface area is 103 Å². The molecule has 0 heterocycles. The van der Waals surface area contributed by atoms with E-state index >= 15 is 0 Å². The maximum Gasteiger partial charge on any atom is 0.106 e. The summed E-state index contributed by atoms with van der Waals surface area (Å²) in [6.45, 7) is 12.8. The lowest BCUT2D eigenvalue weighted by molar-refractivity contribution is 0.360. The van der Waals surface area contributed by atoms with Crippen LogP contribution in [0.4, 0.5) is 0 Å². The number of hydrogen-bond acceptors (Lipinski definition) is 3. The Kier molecular flexibility index (Phi) is 21.3. The average molecular weight is 274 g/mol. The fourth-order valence-electron chi connectivity index (χ4n) is 0.539. The van der Waals surface area contributed by atoms with Gasteiger partial charge in [0.25, 0.3) is 0 Å². The van der Waals surface area contributed by atoms with Gasteiger partial charge in [0.05, 0.1) is 13.5 Å². The van der Waals surface area contributed by atoms with E-state index in [1.807, 2.05) is 27.2 Å². The lowest BCUT2D eigenvalue weighted by Gasteiger charge is -1.99. The zero-order valence-corrected chi connectivity index (χ0v) is 13.1. The molecule has 0 aliphatic carbocycles. The van der Waals surface area contributed by atoms with Gasteiger partial charge in [0.1, 0.15) is 7.14 Å². The molecule has 0 radical (unpaired) electrons. The summed E-state index contributed by atoms with van der Waals surface area (Å²) < 4.78 is 21.1. The van der Waals surface area contributed by atoms with E-state index in [4.69, 9.17) is 5.11 Å². The van der Waals surface area contributed by atoms with Gasteiger partial charge < -0.3 is 14.2 Å². The Morgan fingerprint density at radius 2 is 1.19 bits per heavy atom. The van der Waals surface area contributed by atoms with Crippen molar-refractivity contribution >= 4 is 14.3 Å². The van der Waals surface area contributed by atoms with Gasteiger partial charge in [0, 0.05) is 6.16 Å². The SMILES string of the molecule is C.CC.CCCP(C)(C)=O.CP(C)(=O)CO. The molecule has 0 aromatic carbocycles. The first-order valence-electron chi connectivity index (χ1n) is 5.31. The van der Waals surface area contributed by atoms with Crippen molar-refractivity contribution in [2.24, 2.45) is 0 Å². The van der Waals surface area contributed by atoms with Gasteiger partial charge in [-0.3, -0.25) is 0 Å². The van der Waals surface area contributed by atoms with Crippen molar-refractivity contribution in [1.29, 1.82) is 0 Å². The summed E-state index contributed by atoms with van der Waals surface area (Å²) in [6, 6.07) is 0. The molecule has 0 rings (SSSR count). The lowest BCUT2D eigenvalue weighted by Crippen LogP contribution is -1.80. The first kappa shape index (κ1) is 25.3. The second kappa shape index (κ2) is 13.5. The highest BCUT2D eigenvalue weighted by Crippen LogP contribution is 2.35. The Balaban J connectivity index is -0.0000000743. The normalized spacial score (nSPS) is 10.0. The number of hydrogen-bond donors (Lipinski definition) is 1. The van der Waals surface area contributed by atoms with Crippen LogP contribution < -0.4 is 0 Å². The van der Waals surface area contributed by atoms with E-state index < -0.39 is 14.3 Å². The Hall–Kier alpha value is 0.420. The van der Waals surface area contributed by atoms with E-state index in [-0.39, 0.29) is 13.8 Å². The fourth-order valence-corrected chi connectivity index (χ4v) is 1.62. The molecule has 0 aliphatic rings. The topological polar surface area (TPSA) is 54.4 Å². The van der Waals surface area contributed by atoms with Crippen LogP contribution in [0.15, 0.2) is 0 Å². The minimum Gasteiger partial charge on any atom is -0.389 e. The third-order valence-corrected chi connectivity index (χ3v) is 3.31. The van der Waals surface area contributed by atoms with Crippen LogP contribution in [0.1, 0.15) is 34.6 Å². The van der Waals surface area contributed by atoms with E-state index in [1.165, 1.54) is 0 Å². The Morgan fingerprint density at radius 1 is 0.938 bits per heavy atom. The summed E-state index contributed by atoms with van der Waals surface area (Å²) in [5, 5.41) is 8.14. The number of rotatable bonds is 3. The van der Waals surface area contributed by atoms with Crippen LogP contribution in [0.2, 0.25) is 0 Å². The van der Waals surface area contributed by atoms with Crippen molar-refractivity contribution in [3.63, 3.8) is 0 Å². The summed E-state index contributed by atoms with van der Waals surface area (Å²) in [6.07, 6.45) is 1.77.